The maximum Gasteiger partial charge on any atom is 3.00 e. The monoisotopic (exact) mass is 331 g/mol. The Kier molecular flexibility index (Phi) is 34.7. The molecule has 0 aliphatic heterocycles. The van der Waals surface area contributed by atoms with Gasteiger partial charge in [-0.2, -0.15) is 0 Å². The minimum atomic E-state index is -0.556. The van der Waals surface area contributed by atoms with E-state index in [0.717, 1.165) is 0 Å². The van der Waals surface area contributed by atoms with Crippen LogP contribution in [0.1, 0.15) is 0 Å². The van der Waals surface area contributed by atoms with Crippen LogP contribution >= 0.6 is 37.9 Å². The number of thiol groups is 3. The van der Waals surface area contributed by atoms with Crippen molar-refractivity contribution < 1.29 is 31.7 Å². The second kappa shape index (κ2) is 18.9. The molecular formula is C3H3CrO3S6. The molecular weight excluding hydrogens is 328 g/mol. The van der Waals surface area contributed by atoms with Gasteiger partial charge in [0.25, 0.3) is 0 Å². The molecule has 0 bridgehead atoms. The molecule has 0 aromatic carbocycles. The second-order valence-electron chi connectivity index (χ2n) is 0.798. The van der Waals surface area contributed by atoms with Crippen molar-refractivity contribution >= 4 is 89.1 Å². The average Bonchev–Trinajstić information content (AvgIpc) is 1.54. The largest absolute Gasteiger partial charge is 3.00 e. The molecule has 0 spiro atoms. The molecule has 3 nitrogen and oxygen atoms in total. The van der Waals surface area contributed by atoms with Gasteiger partial charge in [-0.1, -0.05) is 0 Å². The summed E-state index contributed by atoms with van der Waals surface area (Å²) in [4.78, 5) is 27.4. The molecule has 0 saturated carbocycles. The molecule has 0 aromatic heterocycles. The molecule has 0 aromatic rings. The summed E-state index contributed by atoms with van der Waals surface area (Å²) >= 11 is 21.0. The van der Waals surface area contributed by atoms with Crippen LogP contribution < -0.4 is 0 Å². The number of carbonyl (C=O) groups is 3. The summed E-state index contributed by atoms with van der Waals surface area (Å²) in [6.07, 6.45) is 0. The summed E-state index contributed by atoms with van der Waals surface area (Å²) < 4.78 is -1.67. The van der Waals surface area contributed by atoms with Gasteiger partial charge in [0.05, 0.1) is 13.3 Å². The Morgan fingerprint density at radius 1 is 0.692 bits per heavy atom. The van der Waals surface area contributed by atoms with Crippen molar-refractivity contribution in [2.24, 2.45) is 0 Å². The number of carbonyl (C=O) groups excluding carboxylic acids is 3. The van der Waals surface area contributed by atoms with Gasteiger partial charge in [-0.25, -0.2) is 0 Å². The quantitative estimate of drug-likeness (QED) is 0.464. The number of hydrogen-bond acceptors (Lipinski definition) is 6. The zero-order valence-corrected chi connectivity index (χ0v) is 12.1. The molecule has 0 atom stereocenters. The molecule has 13 heavy (non-hydrogen) atoms. The standard InChI is InChI=1S/3CH2OS2.Cr/c3*2-1(3)4;/h3*(H2,2,3,4);/q;;;+3/p-3. The average molecular weight is 331 g/mol. The first-order chi connectivity index (χ1) is 5.20. The van der Waals surface area contributed by atoms with Crippen molar-refractivity contribution in [2.75, 3.05) is 0 Å². The number of rotatable bonds is 0. The van der Waals surface area contributed by atoms with Gasteiger partial charge in [0.2, 0.25) is 0 Å². The molecule has 0 saturated heterocycles. The minimum Gasteiger partial charge on any atom is -0.731 e. The van der Waals surface area contributed by atoms with Gasteiger partial charge < -0.3 is 52.3 Å². The normalized spacial score (nSPS) is 5.77. The van der Waals surface area contributed by atoms with Crippen molar-refractivity contribution in [1.29, 1.82) is 0 Å². The van der Waals surface area contributed by atoms with Crippen LogP contribution in [0.5, 0.6) is 0 Å². The fourth-order valence-electron chi connectivity index (χ4n) is 0. The molecule has 0 unspecified atom stereocenters. The molecule has 0 aliphatic rings. The van der Waals surface area contributed by atoms with Gasteiger partial charge in [0.1, 0.15) is 0 Å². The van der Waals surface area contributed by atoms with Crippen molar-refractivity contribution in [3.63, 3.8) is 0 Å². The van der Waals surface area contributed by atoms with E-state index in [1.54, 1.807) is 0 Å². The van der Waals surface area contributed by atoms with Gasteiger partial charge in [-0.3, -0.25) is 0 Å². The first-order valence-electron chi connectivity index (χ1n) is 1.90. The topological polar surface area (TPSA) is 51.2 Å². The third-order valence-electron chi connectivity index (χ3n) is 0. The van der Waals surface area contributed by atoms with Gasteiger partial charge in [-0.05, 0) is 0 Å². The molecule has 0 fully saturated rings. The van der Waals surface area contributed by atoms with E-state index >= 15 is 0 Å². The predicted molar refractivity (Wildman–Crippen MR) is 65.2 cm³/mol. The summed E-state index contributed by atoms with van der Waals surface area (Å²) in [5.41, 5.74) is 0. The van der Waals surface area contributed by atoms with Crippen LogP contribution in [0.25, 0.3) is 0 Å². The van der Waals surface area contributed by atoms with Gasteiger partial charge in [-0.15, -0.1) is 37.9 Å². The Labute approximate surface area is 120 Å². The molecule has 0 amide bonds. The minimum absolute atomic E-state index is 0. The van der Waals surface area contributed by atoms with Crippen LogP contribution in [-0.2, 0) is 55.2 Å². The predicted octanol–water partition coefficient (Wildman–Crippen LogP) is 1.75. The maximum atomic E-state index is 9.12. The second-order valence-corrected chi connectivity index (χ2v) is 4.04. The molecule has 75 valence electrons. The van der Waals surface area contributed by atoms with E-state index in [2.05, 4.69) is 75.8 Å². The van der Waals surface area contributed by atoms with Crippen LogP contribution in [-0.4, -0.2) is 13.3 Å². The van der Waals surface area contributed by atoms with E-state index in [-0.39, 0.29) is 17.4 Å². The van der Waals surface area contributed by atoms with Crippen molar-refractivity contribution in [1.82, 2.24) is 0 Å². The molecule has 1 radical (unpaired) electrons. The molecule has 0 N–H and O–H groups in total. The SMILES string of the molecule is O=C([S-])S.O=C([S-])S.O=C([S-])S.[Cr+3]. The Morgan fingerprint density at radius 3 is 0.692 bits per heavy atom. The summed E-state index contributed by atoms with van der Waals surface area (Å²) in [6.45, 7) is 0. The van der Waals surface area contributed by atoms with Crippen LogP contribution in [0.15, 0.2) is 0 Å². The zero-order valence-electron chi connectivity index (χ0n) is 5.70. The van der Waals surface area contributed by atoms with Gasteiger partial charge in [0.15, 0.2) is 0 Å². The molecule has 0 aliphatic carbocycles. The molecule has 10 heteroatoms. The third kappa shape index (κ3) is 1070. The summed E-state index contributed by atoms with van der Waals surface area (Å²) in [6, 6.07) is 0. The Bertz CT molecular complexity index is 121. The third-order valence-corrected chi connectivity index (χ3v) is 0. The van der Waals surface area contributed by atoms with Crippen LogP contribution in [0.4, 0.5) is 14.4 Å². The van der Waals surface area contributed by atoms with E-state index < -0.39 is 13.3 Å². The first-order valence-corrected chi connectivity index (χ1v) is 4.46. The summed E-state index contributed by atoms with van der Waals surface area (Å²) in [5, 5.41) is 0. The van der Waals surface area contributed by atoms with Crippen LogP contribution in [0, 0.1) is 0 Å². The maximum absolute atomic E-state index is 9.12. The zero-order chi connectivity index (χ0) is 10.7. The Hall–Kier alpha value is 1.25. The van der Waals surface area contributed by atoms with E-state index in [4.69, 9.17) is 14.4 Å². The van der Waals surface area contributed by atoms with E-state index in [1.165, 1.54) is 0 Å². The van der Waals surface area contributed by atoms with Crippen molar-refractivity contribution in [3.8, 4) is 0 Å². The van der Waals surface area contributed by atoms with E-state index in [0.29, 0.717) is 0 Å². The van der Waals surface area contributed by atoms with Crippen LogP contribution in [0.2, 0.25) is 0 Å². The van der Waals surface area contributed by atoms with E-state index in [9.17, 15) is 0 Å². The Morgan fingerprint density at radius 2 is 0.692 bits per heavy atom. The van der Waals surface area contributed by atoms with E-state index in [1.807, 2.05) is 0 Å². The number of hydrogen-bond donors (Lipinski definition) is 3. The van der Waals surface area contributed by atoms with Crippen LogP contribution in [0.3, 0.4) is 0 Å². The fourth-order valence-corrected chi connectivity index (χ4v) is 0. The summed E-state index contributed by atoms with van der Waals surface area (Å²) in [5.74, 6) is 0. The van der Waals surface area contributed by atoms with Gasteiger partial charge >= 0.3 is 17.4 Å². The van der Waals surface area contributed by atoms with Crippen molar-refractivity contribution in [3.05, 3.63) is 0 Å². The summed E-state index contributed by atoms with van der Waals surface area (Å²) in [7, 11) is 0. The Balaban J connectivity index is -0.0000000450. The van der Waals surface area contributed by atoms with Gasteiger partial charge in [0, 0.05) is 0 Å². The molecule has 0 heterocycles. The first kappa shape index (κ1) is 23.8. The van der Waals surface area contributed by atoms with Crippen molar-refractivity contribution in [2.45, 2.75) is 0 Å². The smallest absolute Gasteiger partial charge is 0.731 e. The molecule has 0 rings (SSSR count). The fraction of sp³-hybridized carbons (Fsp3) is 0.